The Morgan fingerprint density at radius 2 is 1.59 bits per heavy atom. The Labute approximate surface area is 202 Å². The number of aromatic nitrogens is 1. The van der Waals surface area contributed by atoms with Gasteiger partial charge in [0.05, 0.1) is 17.6 Å². The summed E-state index contributed by atoms with van der Waals surface area (Å²) in [7, 11) is 0. The van der Waals surface area contributed by atoms with Gasteiger partial charge in [-0.1, -0.05) is 71.4 Å². The zero-order valence-electron chi connectivity index (χ0n) is 19.6. The van der Waals surface area contributed by atoms with Gasteiger partial charge in [-0.15, -0.1) is 0 Å². The van der Waals surface area contributed by atoms with E-state index in [1.54, 1.807) is 31.3 Å². The first-order chi connectivity index (χ1) is 16.2. The normalized spacial score (nSPS) is 11.6. The minimum atomic E-state index is -3.20. The molecule has 34 heavy (non-hydrogen) atoms. The molecular formula is C28H26F2N2OS. The standard InChI is InChI=1S/C28H26F2N2OS/c1-17-9-11-22(19(3)13-17)28(29,30)16-32-27(33)26-21-7-5-6-8-23(21)31-15-25(26)34-24-12-10-18(2)14-20(24)4/h5-15H,16H2,1-4H3,(H,32,33). The van der Waals surface area contributed by atoms with E-state index < -0.39 is 18.4 Å². The number of benzene rings is 3. The molecule has 0 unspecified atom stereocenters. The van der Waals surface area contributed by atoms with E-state index in [1.807, 2.05) is 51.1 Å². The molecule has 1 N–H and O–H groups in total. The van der Waals surface area contributed by atoms with Gasteiger partial charge < -0.3 is 5.32 Å². The fourth-order valence-corrected chi connectivity index (χ4v) is 5.07. The van der Waals surface area contributed by atoms with Crippen molar-refractivity contribution in [1.82, 2.24) is 10.3 Å². The molecule has 0 aliphatic heterocycles. The monoisotopic (exact) mass is 476 g/mol. The van der Waals surface area contributed by atoms with Gasteiger partial charge in [0, 0.05) is 26.9 Å². The fourth-order valence-electron chi connectivity index (χ4n) is 4.07. The number of fused-ring (bicyclic) bond motifs is 1. The van der Waals surface area contributed by atoms with Crippen LogP contribution in [0, 0.1) is 27.7 Å². The molecule has 6 heteroatoms. The Balaban J connectivity index is 1.67. The summed E-state index contributed by atoms with van der Waals surface area (Å²) in [5.41, 5.74) is 4.54. The van der Waals surface area contributed by atoms with Crippen molar-refractivity contribution in [3.05, 3.63) is 100 Å². The quantitative estimate of drug-likeness (QED) is 0.322. The number of aryl methyl sites for hydroxylation is 4. The molecule has 0 atom stereocenters. The average Bonchev–Trinajstić information content (AvgIpc) is 2.79. The van der Waals surface area contributed by atoms with Crippen LogP contribution < -0.4 is 5.32 Å². The van der Waals surface area contributed by atoms with Crippen LogP contribution in [0.3, 0.4) is 0 Å². The maximum Gasteiger partial charge on any atom is 0.290 e. The summed E-state index contributed by atoms with van der Waals surface area (Å²) < 4.78 is 30.1. The highest BCUT2D eigenvalue weighted by molar-refractivity contribution is 7.99. The van der Waals surface area contributed by atoms with Gasteiger partial charge in [-0.25, -0.2) is 0 Å². The molecule has 3 nitrogen and oxygen atoms in total. The number of nitrogens with zero attached hydrogens (tertiary/aromatic N) is 1. The Morgan fingerprint density at radius 3 is 2.29 bits per heavy atom. The van der Waals surface area contributed by atoms with Gasteiger partial charge in [-0.3, -0.25) is 9.78 Å². The summed E-state index contributed by atoms with van der Waals surface area (Å²) in [6, 6.07) is 18.1. The van der Waals surface area contributed by atoms with Crippen molar-refractivity contribution in [3.8, 4) is 0 Å². The molecule has 0 aliphatic rings. The minimum absolute atomic E-state index is 0.0807. The highest BCUT2D eigenvalue weighted by atomic mass is 32.2. The Hall–Kier alpha value is -3.25. The number of nitrogens with one attached hydrogen (secondary N) is 1. The van der Waals surface area contributed by atoms with E-state index in [0.29, 0.717) is 26.9 Å². The summed E-state index contributed by atoms with van der Waals surface area (Å²) in [5, 5.41) is 3.12. The molecule has 0 fully saturated rings. The van der Waals surface area contributed by atoms with Crippen LogP contribution in [0.4, 0.5) is 8.78 Å². The smallest absolute Gasteiger partial charge is 0.290 e. The third-order valence-corrected chi connectivity index (χ3v) is 6.97. The largest absolute Gasteiger partial charge is 0.346 e. The number of carbonyl (C=O) groups is 1. The van der Waals surface area contributed by atoms with Crippen molar-refractivity contribution < 1.29 is 13.6 Å². The van der Waals surface area contributed by atoms with Crippen LogP contribution in [0.15, 0.2) is 76.7 Å². The van der Waals surface area contributed by atoms with Crippen LogP contribution in [-0.2, 0) is 5.92 Å². The fraction of sp³-hybridized carbons (Fsp3) is 0.214. The average molecular weight is 477 g/mol. The van der Waals surface area contributed by atoms with Crippen LogP contribution in [0.1, 0.15) is 38.2 Å². The van der Waals surface area contributed by atoms with Crippen molar-refractivity contribution >= 4 is 28.6 Å². The maximum absolute atomic E-state index is 15.0. The maximum atomic E-state index is 15.0. The number of hydrogen-bond donors (Lipinski definition) is 1. The summed E-state index contributed by atoms with van der Waals surface area (Å²) in [6.45, 7) is 6.76. The van der Waals surface area contributed by atoms with Gasteiger partial charge in [0.25, 0.3) is 11.8 Å². The Bertz CT molecular complexity index is 1380. The molecular weight excluding hydrogens is 450 g/mol. The van der Waals surface area contributed by atoms with Gasteiger partial charge in [0.1, 0.15) is 0 Å². The number of rotatable bonds is 6. The van der Waals surface area contributed by atoms with Crippen LogP contribution in [0.25, 0.3) is 10.9 Å². The third kappa shape index (κ3) is 4.97. The van der Waals surface area contributed by atoms with Gasteiger partial charge >= 0.3 is 0 Å². The van der Waals surface area contributed by atoms with Gasteiger partial charge in [0.15, 0.2) is 0 Å². The molecule has 0 spiro atoms. The lowest BCUT2D eigenvalue weighted by Crippen LogP contribution is -2.35. The molecule has 4 rings (SSSR count). The number of hydrogen-bond acceptors (Lipinski definition) is 3. The Morgan fingerprint density at radius 1 is 0.912 bits per heavy atom. The van der Waals surface area contributed by atoms with Crippen molar-refractivity contribution in [2.24, 2.45) is 0 Å². The SMILES string of the molecule is Cc1ccc(Sc2cnc3ccccc3c2C(=O)NCC(F)(F)c2ccc(C)cc2C)c(C)c1. The van der Waals surface area contributed by atoms with E-state index in [0.717, 1.165) is 21.6 Å². The lowest BCUT2D eigenvalue weighted by Gasteiger charge is -2.21. The topological polar surface area (TPSA) is 42.0 Å². The van der Waals surface area contributed by atoms with E-state index >= 15 is 8.78 Å². The molecule has 1 amide bonds. The van der Waals surface area contributed by atoms with Crippen molar-refractivity contribution in [2.45, 2.75) is 43.4 Å². The molecule has 0 saturated heterocycles. The molecule has 0 radical (unpaired) electrons. The van der Waals surface area contributed by atoms with Crippen LogP contribution in [0.5, 0.6) is 0 Å². The lowest BCUT2D eigenvalue weighted by atomic mass is 10.00. The number of pyridine rings is 1. The van der Waals surface area contributed by atoms with Gasteiger partial charge in [0.2, 0.25) is 0 Å². The second-order valence-electron chi connectivity index (χ2n) is 8.59. The zero-order chi connectivity index (χ0) is 24.5. The van der Waals surface area contributed by atoms with Gasteiger partial charge in [-0.2, -0.15) is 8.78 Å². The summed E-state index contributed by atoms with van der Waals surface area (Å²) in [5.74, 6) is -3.74. The molecule has 0 aliphatic carbocycles. The highest BCUT2D eigenvalue weighted by Crippen LogP contribution is 2.36. The van der Waals surface area contributed by atoms with E-state index in [4.69, 9.17) is 0 Å². The van der Waals surface area contributed by atoms with Crippen molar-refractivity contribution in [2.75, 3.05) is 6.54 Å². The van der Waals surface area contributed by atoms with Crippen molar-refractivity contribution in [3.63, 3.8) is 0 Å². The van der Waals surface area contributed by atoms with E-state index in [-0.39, 0.29) is 5.56 Å². The molecule has 0 bridgehead atoms. The highest BCUT2D eigenvalue weighted by Gasteiger charge is 2.34. The van der Waals surface area contributed by atoms with E-state index in [2.05, 4.69) is 16.4 Å². The second kappa shape index (κ2) is 9.55. The minimum Gasteiger partial charge on any atom is -0.346 e. The van der Waals surface area contributed by atoms with E-state index in [1.165, 1.54) is 17.8 Å². The van der Waals surface area contributed by atoms with E-state index in [9.17, 15) is 4.79 Å². The van der Waals surface area contributed by atoms with Crippen LogP contribution in [-0.4, -0.2) is 17.4 Å². The second-order valence-corrected chi connectivity index (χ2v) is 9.67. The zero-order valence-corrected chi connectivity index (χ0v) is 20.4. The number of halogens is 2. The number of para-hydroxylation sites is 1. The molecule has 1 heterocycles. The number of alkyl halides is 2. The predicted molar refractivity (Wildman–Crippen MR) is 134 cm³/mol. The lowest BCUT2D eigenvalue weighted by molar-refractivity contribution is -0.00308. The Kier molecular flexibility index (Phi) is 6.71. The third-order valence-electron chi connectivity index (χ3n) is 5.77. The summed E-state index contributed by atoms with van der Waals surface area (Å²) in [6.07, 6.45) is 1.64. The molecule has 3 aromatic carbocycles. The van der Waals surface area contributed by atoms with Gasteiger partial charge in [-0.05, 0) is 51.0 Å². The number of amides is 1. The first-order valence-electron chi connectivity index (χ1n) is 11.0. The molecule has 174 valence electrons. The first kappa shape index (κ1) is 23.9. The molecule has 1 aromatic heterocycles. The summed E-state index contributed by atoms with van der Waals surface area (Å²) in [4.78, 5) is 19.4. The predicted octanol–water partition coefficient (Wildman–Crippen LogP) is 7.14. The summed E-state index contributed by atoms with van der Waals surface area (Å²) >= 11 is 1.42. The first-order valence-corrected chi connectivity index (χ1v) is 11.8. The molecule has 0 saturated carbocycles. The van der Waals surface area contributed by atoms with Crippen LogP contribution in [0.2, 0.25) is 0 Å². The number of carbonyl (C=O) groups excluding carboxylic acids is 1. The van der Waals surface area contributed by atoms with Crippen LogP contribution >= 0.6 is 11.8 Å². The van der Waals surface area contributed by atoms with Crippen molar-refractivity contribution in [1.29, 1.82) is 0 Å². The molecule has 4 aromatic rings.